The lowest BCUT2D eigenvalue weighted by atomic mass is 9.90. The van der Waals surface area contributed by atoms with E-state index in [2.05, 4.69) is 35.5 Å². The van der Waals surface area contributed by atoms with E-state index in [1.54, 1.807) is 18.0 Å². The predicted octanol–water partition coefficient (Wildman–Crippen LogP) is 2.70. The van der Waals surface area contributed by atoms with Gasteiger partial charge in [-0.25, -0.2) is 0 Å². The van der Waals surface area contributed by atoms with Crippen LogP contribution in [0.5, 0.6) is 5.75 Å². The van der Waals surface area contributed by atoms with Crippen LogP contribution in [0.15, 0.2) is 6.20 Å². The first-order chi connectivity index (χ1) is 9.77. The molecule has 0 spiro atoms. The smallest absolute Gasteiger partial charge is 0.163 e. The van der Waals surface area contributed by atoms with E-state index in [1.807, 2.05) is 13.8 Å². The van der Waals surface area contributed by atoms with Crippen LogP contribution in [0.2, 0.25) is 0 Å². The summed E-state index contributed by atoms with van der Waals surface area (Å²) in [4.78, 5) is 0.739. The summed E-state index contributed by atoms with van der Waals surface area (Å²) in [6.45, 7) is 10.2. The van der Waals surface area contributed by atoms with E-state index in [9.17, 15) is 5.11 Å². The molecule has 1 N–H and O–H groups in total. The highest BCUT2D eigenvalue weighted by Crippen LogP contribution is 2.37. The zero-order valence-electron chi connectivity index (χ0n) is 13.3. The molecular weight excluding hydrogens is 288 g/mol. The highest BCUT2D eigenvalue weighted by atomic mass is 32.1. The van der Waals surface area contributed by atoms with E-state index in [4.69, 9.17) is 4.74 Å². The van der Waals surface area contributed by atoms with Crippen molar-refractivity contribution in [3.05, 3.63) is 22.5 Å². The lowest BCUT2D eigenvalue weighted by Crippen LogP contribution is -2.18. The average Bonchev–Trinajstić information content (AvgIpc) is 3.03. The van der Waals surface area contributed by atoms with Gasteiger partial charge in [0.05, 0.1) is 23.9 Å². The lowest BCUT2D eigenvalue weighted by Gasteiger charge is -2.21. The fourth-order valence-electron chi connectivity index (χ4n) is 2.21. The molecule has 6 nitrogen and oxygen atoms in total. The quantitative estimate of drug-likeness (QED) is 0.940. The van der Waals surface area contributed by atoms with Gasteiger partial charge in [-0.3, -0.25) is 4.68 Å². The molecule has 1 atom stereocenters. The molecule has 0 amide bonds. The molecule has 21 heavy (non-hydrogen) atoms. The van der Waals surface area contributed by atoms with Gasteiger partial charge in [0.2, 0.25) is 0 Å². The molecule has 0 saturated heterocycles. The summed E-state index contributed by atoms with van der Waals surface area (Å²) >= 11 is 1.21. The average molecular weight is 310 g/mol. The van der Waals surface area contributed by atoms with Crippen LogP contribution in [0.3, 0.4) is 0 Å². The Labute approximate surface area is 128 Å². The summed E-state index contributed by atoms with van der Waals surface area (Å²) in [6.07, 6.45) is 0.781. The van der Waals surface area contributed by atoms with Crippen LogP contribution in [0.25, 0.3) is 0 Å². The van der Waals surface area contributed by atoms with Gasteiger partial charge in [0.1, 0.15) is 11.8 Å². The summed E-state index contributed by atoms with van der Waals surface area (Å²) in [7, 11) is 1.58. The molecule has 0 aromatic carbocycles. The molecule has 2 aromatic heterocycles. The zero-order valence-corrected chi connectivity index (χ0v) is 14.1. The van der Waals surface area contributed by atoms with Crippen molar-refractivity contribution in [1.29, 1.82) is 0 Å². The molecule has 2 rings (SSSR count). The third-order valence-corrected chi connectivity index (χ3v) is 4.02. The summed E-state index contributed by atoms with van der Waals surface area (Å²) < 4.78 is 11.1. The first kappa shape index (κ1) is 15.9. The number of aliphatic hydroxyl groups excluding tert-OH is 1. The Bertz CT molecular complexity index is 613. The first-order valence-electron chi connectivity index (χ1n) is 6.89. The fourth-order valence-corrected chi connectivity index (χ4v) is 3.06. The second-order valence-corrected chi connectivity index (χ2v) is 7.06. The highest BCUT2D eigenvalue weighted by molar-refractivity contribution is 7.05. The van der Waals surface area contributed by atoms with Crippen molar-refractivity contribution in [2.45, 2.75) is 52.2 Å². The summed E-state index contributed by atoms with van der Waals surface area (Å²) in [5.74, 6) is 0.574. The normalized spacial score (nSPS) is 13.7. The fraction of sp³-hybridized carbons (Fsp3) is 0.643. The van der Waals surface area contributed by atoms with Crippen LogP contribution in [0.4, 0.5) is 0 Å². The van der Waals surface area contributed by atoms with E-state index < -0.39 is 6.10 Å². The van der Waals surface area contributed by atoms with Gasteiger partial charge >= 0.3 is 0 Å². The number of methoxy groups -OCH3 is 1. The maximum Gasteiger partial charge on any atom is 0.163 e. The predicted molar refractivity (Wildman–Crippen MR) is 81.8 cm³/mol. The minimum Gasteiger partial charge on any atom is -0.493 e. The Balaban J connectivity index is 2.53. The van der Waals surface area contributed by atoms with Crippen molar-refractivity contribution in [2.24, 2.45) is 0 Å². The van der Waals surface area contributed by atoms with Gasteiger partial charge < -0.3 is 9.84 Å². The summed E-state index contributed by atoms with van der Waals surface area (Å²) in [5.41, 5.74) is 1.27. The largest absolute Gasteiger partial charge is 0.493 e. The first-order valence-corrected chi connectivity index (χ1v) is 7.67. The SMILES string of the molecule is COc1cnn(C(C)C)c1C(O)c1snnc1C(C)(C)C. The maximum atomic E-state index is 10.8. The number of aliphatic hydroxyl groups is 1. The number of hydrogen-bond donors (Lipinski definition) is 1. The standard InChI is InChI=1S/C14H22N4O2S/c1-8(2)18-10(9(20-6)7-15-18)11(19)12-13(14(3,4)5)16-17-21-12/h7-8,11,19H,1-6H3. The molecule has 1 unspecified atom stereocenters. The molecule has 0 bridgehead atoms. The van der Waals surface area contributed by atoms with Crippen molar-refractivity contribution in [2.75, 3.05) is 7.11 Å². The van der Waals surface area contributed by atoms with Gasteiger partial charge in [-0.1, -0.05) is 25.3 Å². The third-order valence-electron chi connectivity index (χ3n) is 3.24. The Hall–Kier alpha value is -1.47. The van der Waals surface area contributed by atoms with Gasteiger partial charge in [-0.2, -0.15) is 5.10 Å². The topological polar surface area (TPSA) is 73.1 Å². The van der Waals surface area contributed by atoms with Crippen molar-refractivity contribution in [3.63, 3.8) is 0 Å². The monoisotopic (exact) mass is 310 g/mol. The van der Waals surface area contributed by atoms with E-state index in [1.165, 1.54) is 11.5 Å². The zero-order chi connectivity index (χ0) is 15.8. The Morgan fingerprint density at radius 1 is 1.33 bits per heavy atom. The molecular formula is C14H22N4O2S. The number of hydrogen-bond acceptors (Lipinski definition) is 6. The molecule has 0 aliphatic carbocycles. The van der Waals surface area contributed by atoms with Crippen LogP contribution in [-0.2, 0) is 5.41 Å². The second-order valence-electron chi connectivity index (χ2n) is 6.27. The number of aromatic nitrogens is 4. The highest BCUT2D eigenvalue weighted by Gasteiger charge is 2.31. The molecule has 0 aliphatic rings. The Morgan fingerprint density at radius 3 is 2.52 bits per heavy atom. The number of ether oxygens (including phenoxy) is 1. The van der Waals surface area contributed by atoms with Crippen molar-refractivity contribution < 1.29 is 9.84 Å². The van der Waals surface area contributed by atoms with Crippen LogP contribution in [-0.4, -0.2) is 31.6 Å². The minimum atomic E-state index is -0.848. The van der Waals surface area contributed by atoms with E-state index in [-0.39, 0.29) is 11.5 Å². The van der Waals surface area contributed by atoms with Crippen LogP contribution in [0, 0.1) is 0 Å². The van der Waals surface area contributed by atoms with Crippen molar-refractivity contribution in [1.82, 2.24) is 19.4 Å². The molecule has 0 radical (unpaired) electrons. The van der Waals surface area contributed by atoms with Crippen LogP contribution < -0.4 is 4.74 Å². The molecule has 0 fully saturated rings. The second kappa shape index (κ2) is 5.73. The Kier molecular flexibility index (Phi) is 4.34. The third kappa shape index (κ3) is 2.94. The molecule has 7 heteroatoms. The van der Waals surface area contributed by atoms with Gasteiger partial charge in [-0.15, -0.1) is 5.10 Å². The van der Waals surface area contributed by atoms with E-state index >= 15 is 0 Å². The molecule has 0 aliphatic heterocycles. The van der Waals surface area contributed by atoms with Gasteiger partial charge in [0.15, 0.2) is 5.75 Å². The van der Waals surface area contributed by atoms with Crippen molar-refractivity contribution >= 4 is 11.5 Å². The summed E-state index contributed by atoms with van der Waals surface area (Å²) in [6, 6.07) is 0.123. The molecule has 2 aromatic rings. The minimum absolute atomic E-state index is 0.123. The van der Waals surface area contributed by atoms with Crippen molar-refractivity contribution in [3.8, 4) is 5.75 Å². The van der Waals surface area contributed by atoms with Gasteiger partial charge in [-0.05, 0) is 25.4 Å². The van der Waals surface area contributed by atoms with Gasteiger partial charge in [0, 0.05) is 11.5 Å². The summed E-state index contributed by atoms with van der Waals surface area (Å²) in [5, 5.41) is 19.3. The van der Waals surface area contributed by atoms with Gasteiger partial charge in [0.25, 0.3) is 0 Å². The molecule has 2 heterocycles. The number of nitrogens with zero attached hydrogens (tertiary/aromatic N) is 4. The Morgan fingerprint density at radius 2 is 2.00 bits per heavy atom. The van der Waals surface area contributed by atoms with E-state index in [0.29, 0.717) is 11.4 Å². The van der Waals surface area contributed by atoms with Crippen LogP contribution >= 0.6 is 11.5 Å². The van der Waals surface area contributed by atoms with Crippen LogP contribution in [0.1, 0.15) is 63.0 Å². The molecule has 0 saturated carbocycles. The lowest BCUT2D eigenvalue weighted by molar-refractivity contribution is 0.200. The number of rotatable bonds is 4. The molecule has 116 valence electrons. The maximum absolute atomic E-state index is 10.8. The van der Waals surface area contributed by atoms with E-state index in [0.717, 1.165) is 10.6 Å².